The third-order valence-electron chi connectivity index (χ3n) is 5.58. The largest absolute Gasteiger partial charge is 0.346 e. The molecular formula is C22H27N5O2S. The molecule has 1 N–H and O–H groups in total. The fourth-order valence-electron chi connectivity index (χ4n) is 3.94. The number of nitrogens with zero attached hydrogens (tertiary/aromatic N) is 4. The number of benzene rings is 1. The maximum atomic E-state index is 12.8. The number of hydrogen-bond donors (Lipinski definition) is 1. The standard InChI is InChI=1S/C22H27N5O2S/c1-2-26-20(24-27(22(26)29)16-17-7-4-3-5-8-17)18-10-12-25(13-11-18)21(28)23-15-19-9-6-14-30-19/h3-9,14,18H,2,10-13,15-16H2,1H3,(H,23,28). The third-order valence-corrected chi connectivity index (χ3v) is 6.46. The van der Waals surface area contributed by atoms with E-state index in [0.29, 0.717) is 32.7 Å². The SMILES string of the molecule is CCn1c(C2CCN(C(=O)NCc3cccs3)CC2)nn(Cc2ccccc2)c1=O. The van der Waals surface area contributed by atoms with Gasteiger partial charge in [-0.15, -0.1) is 11.3 Å². The van der Waals surface area contributed by atoms with E-state index in [1.165, 1.54) is 0 Å². The smallest absolute Gasteiger partial charge is 0.333 e. The minimum atomic E-state index is -0.0625. The molecule has 4 rings (SSSR count). The number of nitrogens with one attached hydrogen (secondary N) is 1. The van der Waals surface area contributed by atoms with E-state index in [4.69, 9.17) is 0 Å². The molecule has 0 bridgehead atoms. The summed E-state index contributed by atoms with van der Waals surface area (Å²) in [5.41, 5.74) is 0.997. The van der Waals surface area contributed by atoms with Crippen LogP contribution < -0.4 is 11.0 Å². The predicted octanol–water partition coefficient (Wildman–Crippen LogP) is 3.26. The molecule has 7 nitrogen and oxygen atoms in total. The normalized spacial score (nSPS) is 14.8. The second-order valence-corrected chi connectivity index (χ2v) is 8.56. The number of thiophene rings is 1. The molecule has 2 aromatic heterocycles. The van der Waals surface area contributed by atoms with Gasteiger partial charge >= 0.3 is 11.7 Å². The molecule has 158 valence electrons. The fourth-order valence-corrected chi connectivity index (χ4v) is 4.59. The summed E-state index contributed by atoms with van der Waals surface area (Å²) in [6.45, 7) is 4.96. The van der Waals surface area contributed by atoms with Crippen molar-refractivity contribution in [2.75, 3.05) is 13.1 Å². The fraction of sp³-hybridized carbons (Fsp3) is 0.409. The van der Waals surface area contributed by atoms with Gasteiger partial charge in [-0.2, -0.15) is 5.10 Å². The molecule has 3 aromatic rings. The summed E-state index contributed by atoms with van der Waals surface area (Å²) in [6.07, 6.45) is 1.63. The minimum absolute atomic E-state index is 0.0238. The van der Waals surface area contributed by atoms with E-state index in [2.05, 4.69) is 10.4 Å². The van der Waals surface area contributed by atoms with Crippen LogP contribution in [0.25, 0.3) is 0 Å². The number of carbonyl (C=O) groups is 1. The van der Waals surface area contributed by atoms with Crippen molar-refractivity contribution >= 4 is 17.4 Å². The Morgan fingerprint density at radius 2 is 1.93 bits per heavy atom. The average Bonchev–Trinajstić information content (AvgIpc) is 3.41. The minimum Gasteiger partial charge on any atom is -0.333 e. The molecule has 0 saturated carbocycles. The van der Waals surface area contributed by atoms with E-state index in [9.17, 15) is 9.59 Å². The maximum Gasteiger partial charge on any atom is 0.346 e. The highest BCUT2D eigenvalue weighted by Gasteiger charge is 2.28. The van der Waals surface area contributed by atoms with E-state index < -0.39 is 0 Å². The van der Waals surface area contributed by atoms with Gasteiger partial charge in [-0.25, -0.2) is 14.3 Å². The van der Waals surface area contributed by atoms with Crippen LogP contribution >= 0.6 is 11.3 Å². The second-order valence-electron chi connectivity index (χ2n) is 7.53. The number of likely N-dealkylation sites (tertiary alicyclic amines) is 1. The number of rotatable bonds is 6. The van der Waals surface area contributed by atoms with Crippen molar-refractivity contribution in [3.8, 4) is 0 Å². The first kappa shape index (κ1) is 20.4. The quantitative estimate of drug-likeness (QED) is 0.659. The average molecular weight is 426 g/mol. The van der Waals surface area contributed by atoms with Crippen molar-refractivity contribution in [1.29, 1.82) is 0 Å². The Hall–Kier alpha value is -2.87. The Labute approximate surface area is 179 Å². The molecule has 1 aromatic carbocycles. The highest BCUT2D eigenvalue weighted by molar-refractivity contribution is 7.09. The van der Waals surface area contributed by atoms with Crippen molar-refractivity contribution < 1.29 is 4.79 Å². The molecule has 2 amide bonds. The summed E-state index contributed by atoms with van der Waals surface area (Å²) < 4.78 is 3.34. The van der Waals surface area contributed by atoms with Gasteiger partial charge in [0.1, 0.15) is 5.82 Å². The van der Waals surface area contributed by atoms with Crippen molar-refractivity contribution in [3.05, 3.63) is 74.6 Å². The third kappa shape index (κ3) is 4.48. The van der Waals surface area contributed by atoms with Crippen LogP contribution in [0.1, 0.15) is 41.9 Å². The molecular weight excluding hydrogens is 398 g/mol. The number of carbonyl (C=O) groups excluding carboxylic acids is 1. The van der Waals surface area contributed by atoms with E-state index in [0.717, 1.165) is 29.1 Å². The summed E-state index contributed by atoms with van der Waals surface area (Å²) in [5.74, 6) is 1.04. The summed E-state index contributed by atoms with van der Waals surface area (Å²) in [6, 6.07) is 13.9. The highest BCUT2D eigenvalue weighted by Crippen LogP contribution is 2.26. The molecule has 0 aliphatic carbocycles. The predicted molar refractivity (Wildman–Crippen MR) is 118 cm³/mol. The number of aromatic nitrogens is 3. The Kier molecular flexibility index (Phi) is 6.32. The number of urea groups is 1. The molecule has 3 heterocycles. The lowest BCUT2D eigenvalue weighted by Crippen LogP contribution is -2.44. The lowest BCUT2D eigenvalue weighted by Gasteiger charge is -2.31. The van der Waals surface area contributed by atoms with Crippen molar-refractivity contribution in [1.82, 2.24) is 24.6 Å². The van der Waals surface area contributed by atoms with Gasteiger partial charge in [-0.3, -0.25) is 4.57 Å². The van der Waals surface area contributed by atoms with Crippen LogP contribution in [-0.4, -0.2) is 38.4 Å². The monoisotopic (exact) mass is 425 g/mol. The van der Waals surface area contributed by atoms with E-state index in [1.54, 1.807) is 20.6 Å². The van der Waals surface area contributed by atoms with Crippen LogP contribution in [0, 0.1) is 0 Å². The Morgan fingerprint density at radius 1 is 1.17 bits per heavy atom. The van der Waals surface area contributed by atoms with Crippen LogP contribution in [0.3, 0.4) is 0 Å². The number of amides is 2. The maximum absolute atomic E-state index is 12.8. The first-order valence-corrected chi connectivity index (χ1v) is 11.3. The van der Waals surface area contributed by atoms with Gasteiger partial charge in [0.2, 0.25) is 0 Å². The zero-order valence-corrected chi connectivity index (χ0v) is 18.0. The first-order valence-electron chi connectivity index (χ1n) is 10.4. The summed E-state index contributed by atoms with van der Waals surface area (Å²) in [5, 5.41) is 9.69. The Morgan fingerprint density at radius 3 is 2.60 bits per heavy atom. The van der Waals surface area contributed by atoms with E-state index in [1.807, 2.05) is 59.7 Å². The van der Waals surface area contributed by atoms with Crippen molar-refractivity contribution in [3.63, 3.8) is 0 Å². The molecule has 1 saturated heterocycles. The van der Waals surface area contributed by atoms with Gasteiger partial charge in [-0.05, 0) is 36.8 Å². The zero-order chi connectivity index (χ0) is 20.9. The molecule has 1 aliphatic heterocycles. The van der Waals surface area contributed by atoms with Crippen LogP contribution in [0.4, 0.5) is 4.79 Å². The lowest BCUT2D eigenvalue weighted by atomic mass is 9.96. The Bertz CT molecular complexity index is 1020. The van der Waals surface area contributed by atoms with Crippen molar-refractivity contribution in [2.45, 2.75) is 45.3 Å². The van der Waals surface area contributed by atoms with Crippen LogP contribution in [0.15, 0.2) is 52.6 Å². The van der Waals surface area contributed by atoms with Gasteiger partial charge < -0.3 is 10.2 Å². The number of piperidine rings is 1. The molecule has 30 heavy (non-hydrogen) atoms. The second kappa shape index (κ2) is 9.30. The van der Waals surface area contributed by atoms with E-state index in [-0.39, 0.29) is 17.6 Å². The molecule has 0 spiro atoms. The van der Waals surface area contributed by atoms with Gasteiger partial charge in [-0.1, -0.05) is 36.4 Å². The summed E-state index contributed by atoms with van der Waals surface area (Å²) in [7, 11) is 0. The first-order chi connectivity index (χ1) is 14.7. The van der Waals surface area contributed by atoms with Gasteiger partial charge in [0.15, 0.2) is 0 Å². The lowest BCUT2D eigenvalue weighted by molar-refractivity contribution is 0.179. The Balaban J connectivity index is 1.39. The molecule has 1 aliphatic rings. The van der Waals surface area contributed by atoms with Crippen LogP contribution in [0.5, 0.6) is 0 Å². The molecule has 0 unspecified atom stereocenters. The zero-order valence-electron chi connectivity index (χ0n) is 17.2. The topological polar surface area (TPSA) is 72.2 Å². The number of hydrogen-bond acceptors (Lipinski definition) is 4. The summed E-state index contributed by atoms with van der Waals surface area (Å²) >= 11 is 1.64. The van der Waals surface area contributed by atoms with Gasteiger partial charge in [0.25, 0.3) is 0 Å². The molecule has 8 heteroatoms. The van der Waals surface area contributed by atoms with Crippen LogP contribution in [0.2, 0.25) is 0 Å². The van der Waals surface area contributed by atoms with Gasteiger partial charge in [0.05, 0.1) is 13.1 Å². The molecule has 0 atom stereocenters. The highest BCUT2D eigenvalue weighted by atomic mass is 32.1. The van der Waals surface area contributed by atoms with Crippen LogP contribution in [-0.2, 0) is 19.6 Å². The van der Waals surface area contributed by atoms with Crippen molar-refractivity contribution in [2.24, 2.45) is 0 Å². The van der Waals surface area contributed by atoms with Gasteiger partial charge in [0, 0.05) is 30.4 Å². The molecule has 1 fully saturated rings. The molecule has 0 radical (unpaired) electrons. The summed E-state index contributed by atoms with van der Waals surface area (Å²) in [4.78, 5) is 28.3. The van der Waals surface area contributed by atoms with E-state index >= 15 is 0 Å².